The molecule has 3 N–H and O–H groups in total. The van der Waals surface area contributed by atoms with Crippen molar-refractivity contribution in [1.29, 1.82) is 0 Å². The molecule has 0 aliphatic rings. The van der Waals surface area contributed by atoms with Crippen molar-refractivity contribution in [2.24, 2.45) is 0 Å². The van der Waals surface area contributed by atoms with Crippen LogP contribution in [-0.4, -0.2) is 19.7 Å². The Labute approximate surface area is 102 Å². The molecule has 0 bridgehead atoms. The zero-order chi connectivity index (χ0) is 12.5. The highest BCUT2D eigenvalue weighted by atomic mass is 19.1. The lowest BCUT2D eigenvalue weighted by Gasteiger charge is -2.05. The van der Waals surface area contributed by atoms with Crippen LogP contribution in [0.4, 0.5) is 10.2 Å². The van der Waals surface area contributed by atoms with Gasteiger partial charge in [-0.25, -0.2) is 9.37 Å². The van der Waals surface area contributed by atoms with Crippen LogP contribution in [0.5, 0.6) is 0 Å². The van der Waals surface area contributed by atoms with Gasteiger partial charge < -0.3 is 10.3 Å². The summed E-state index contributed by atoms with van der Waals surface area (Å²) in [5.74, 6) is 0.0442. The van der Waals surface area contributed by atoms with Crippen LogP contribution >= 0.6 is 0 Å². The minimum absolute atomic E-state index is 0.335. The van der Waals surface area contributed by atoms with Crippen molar-refractivity contribution < 1.29 is 4.39 Å². The van der Waals surface area contributed by atoms with E-state index in [9.17, 15) is 4.39 Å². The van der Waals surface area contributed by atoms with E-state index in [1.165, 1.54) is 6.07 Å². The minimum atomic E-state index is -0.335. The molecule has 2 aromatic heterocycles. The third-order valence-electron chi connectivity index (χ3n) is 2.64. The lowest BCUT2D eigenvalue weighted by atomic mass is 10.1. The van der Waals surface area contributed by atoms with Crippen LogP contribution in [0, 0.1) is 5.82 Å². The number of H-pyrrole nitrogens is 1. The number of imidazole rings is 1. The summed E-state index contributed by atoms with van der Waals surface area (Å²) in [6, 6.07) is 6.57. The minimum Gasteiger partial charge on any atom is -0.382 e. The fraction of sp³-hybridized carbons (Fsp3) is 0. The molecule has 0 unspecified atom stereocenters. The second kappa shape index (κ2) is 3.99. The largest absolute Gasteiger partial charge is 0.382 e. The molecule has 3 aromatic rings. The molecule has 6 heteroatoms. The van der Waals surface area contributed by atoms with E-state index in [2.05, 4.69) is 15.2 Å². The Morgan fingerprint density at radius 1 is 1.28 bits per heavy atom. The van der Waals surface area contributed by atoms with Gasteiger partial charge in [0.05, 0.1) is 17.7 Å². The fourth-order valence-electron chi connectivity index (χ4n) is 1.77. The van der Waals surface area contributed by atoms with Crippen molar-refractivity contribution in [2.75, 3.05) is 5.73 Å². The Morgan fingerprint density at radius 2 is 2.17 bits per heavy atom. The van der Waals surface area contributed by atoms with E-state index in [1.807, 2.05) is 0 Å². The number of halogens is 1. The first kappa shape index (κ1) is 10.5. The van der Waals surface area contributed by atoms with Crippen LogP contribution in [0.3, 0.4) is 0 Å². The number of hydrogen-bond acceptors (Lipinski definition) is 3. The van der Waals surface area contributed by atoms with Crippen molar-refractivity contribution >= 4 is 5.82 Å². The molecule has 0 aliphatic carbocycles. The summed E-state index contributed by atoms with van der Waals surface area (Å²) >= 11 is 0. The molecule has 18 heavy (non-hydrogen) atoms. The first-order valence-electron chi connectivity index (χ1n) is 5.33. The smallest absolute Gasteiger partial charge is 0.147 e. The number of aromatic nitrogens is 4. The molecule has 0 saturated carbocycles. The van der Waals surface area contributed by atoms with Crippen molar-refractivity contribution in [3.05, 3.63) is 48.8 Å². The van der Waals surface area contributed by atoms with E-state index >= 15 is 0 Å². The van der Waals surface area contributed by atoms with Crippen molar-refractivity contribution in [3.63, 3.8) is 0 Å². The van der Waals surface area contributed by atoms with Gasteiger partial charge >= 0.3 is 0 Å². The standard InChI is InChI=1S/C12H10FN5/c13-9-5-8(10-6-12(14)17-16-10)1-2-11(9)18-4-3-15-7-18/h1-7H,(H3,14,16,17). The zero-order valence-electron chi connectivity index (χ0n) is 9.34. The maximum absolute atomic E-state index is 14.0. The predicted molar refractivity (Wildman–Crippen MR) is 65.5 cm³/mol. The lowest BCUT2D eigenvalue weighted by molar-refractivity contribution is 0.618. The molecular formula is C12H10FN5. The molecule has 0 atom stereocenters. The summed E-state index contributed by atoms with van der Waals surface area (Å²) < 4.78 is 15.6. The number of benzene rings is 1. The van der Waals surface area contributed by atoms with Crippen molar-refractivity contribution in [2.45, 2.75) is 0 Å². The van der Waals surface area contributed by atoms with Crippen LogP contribution in [-0.2, 0) is 0 Å². The molecule has 0 spiro atoms. The quantitative estimate of drug-likeness (QED) is 0.722. The summed E-state index contributed by atoms with van der Waals surface area (Å²) in [4.78, 5) is 3.89. The van der Waals surface area contributed by atoms with Gasteiger partial charge in [0.2, 0.25) is 0 Å². The molecule has 0 radical (unpaired) electrons. The van der Waals surface area contributed by atoms with Crippen LogP contribution in [0.25, 0.3) is 16.9 Å². The van der Waals surface area contributed by atoms with Crippen LogP contribution in [0.2, 0.25) is 0 Å². The lowest BCUT2D eigenvalue weighted by Crippen LogP contribution is -1.95. The number of nitrogens with zero attached hydrogens (tertiary/aromatic N) is 3. The summed E-state index contributed by atoms with van der Waals surface area (Å²) in [5.41, 5.74) is 7.34. The number of nitrogens with two attached hydrogens (primary N) is 1. The first-order chi connectivity index (χ1) is 8.74. The van der Waals surface area contributed by atoms with Gasteiger partial charge in [-0.3, -0.25) is 5.10 Å². The molecule has 0 aliphatic heterocycles. The van der Waals surface area contributed by atoms with Crippen LogP contribution < -0.4 is 5.73 Å². The van der Waals surface area contributed by atoms with E-state index in [4.69, 9.17) is 5.73 Å². The van der Waals surface area contributed by atoms with Crippen LogP contribution in [0.15, 0.2) is 43.0 Å². The van der Waals surface area contributed by atoms with E-state index < -0.39 is 0 Å². The third kappa shape index (κ3) is 1.73. The summed E-state index contributed by atoms with van der Waals surface area (Å²) in [6.07, 6.45) is 4.83. The predicted octanol–water partition coefficient (Wildman–Crippen LogP) is 1.98. The normalized spacial score (nSPS) is 10.7. The Morgan fingerprint density at radius 3 is 2.78 bits per heavy atom. The maximum atomic E-state index is 14.0. The maximum Gasteiger partial charge on any atom is 0.147 e. The SMILES string of the molecule is Nc1cc(-c2ccc(-n3ccnc3)c(F)c2)[nH]n1. The molecule has 2 heterocycles. The molecule has 1 aromatic carbocycles. The number of nitrogens with one attached hydrogen (secondary N) is 1. The van der Waals surface area contributed by atoms with Crippen molar-refractivity contribution in [3.8, 4) is 16.9 Å². The zero-order valence-corrected chi connectivity index (χ0v) is 9.34. The number of rotatable bonds is 2. The number of aromatic amines is 1. The molecular weight excluding hydrogens is 233 g/mol. The molecule has 5 nitrogen and oxygen atoms in total. The van der Waals surface area contributed by atoms with E-state index in [-0.39, 0.29) is 5.82 Å². The highest BCUT2D eigenvalue weighted by Gasteiger charge is 2.08. The van der Waals surface area contributed by atoms with Crippen LogP contribution in [0.1, 0.15) is 0 Å². The monoisotopic (exact) mass is 243 g/mol. The second-order valence-electron chi connectivity index (χ2n) is 3.84. The van der Waals surface area contributed by atoms with Gasteiger partial charge in [0, 0.05) is 24.0 Å². The fourth-order valence-corrected chi connectivity index (χ4v) is 1.77. The van der Waals surface area contributed by atoms with Gasteiger partial charge in [-0.05, 0) is 12.1 Å². The van der Waals surface area contributed by atoms with E-state index in [0.29, 0.717) is 22.8 Å². The Kier molecular flexibility index (Phi) is 2.33. The van der Waals surface area contributed by atoms with Crippen molar-refractivity contribution in [1.82, 2.24) is 19.7 Å². The summed E-state index contributed by atoms with van der Waals surface area (Å²) in [5, 5.41) is 6.55. The molecule has 0 amide bonds. The molecule has 3 rings (SSSR count). The average molecular weight is 243 g/mol. The first-order valence-corrected chi connectivity index (χ1v) is 5.33. The number of anilines is 1. The Balaban J connectivity index is 2.04. The molecule has 0 saturated heterocycles. The number of hydrogen-bond donors (Lipinski definition) is 2. The average Bonchev–Trinajstić information content (AvgIpc) is 2.99. The summed E-state index contributed by atoms with van der Waals surface area (Å²) in [6.45, 7) is 0. The highest BCUT2D eigenvalue weighted by molar-refractivity contribution is 5.63. The van der Waals surface area contributed by atoms with Gasteiger partial charge in [-0.1, -0.05) is 6.07 Å². The van der Waals surface area contributed by atoms with Gasteiger partial charge in [0.15, 0.2) is 0 Å². The van der Waals surface area contributed by atoms with Gasteiger partial charge in [-0.15, -0.1) is 0 Å². The van der Waals surface area contributed by atoms with Gasteiger partial charge in [-0.2, -0.15) is 5.10 Å². The van der Waals surface area contributed by atoms with Gasteiger partial charge in [0.1, 0.15) is 11.6 Å². The summed E-state index contributed by atoms with van der Waals surface area (Å²) in [7, 11) is 0. The van der Waals surface area contributed by atoms with Gasteiger partial charge in [0.25, 0.3) is 0 Å². The number of nitrogen functional groups attached to an aromatic ring is 1. The Bertz CT molecular complexity index is 672. The van der Waals surface area contributed by atoms with E-state index in [0.717, 1.165) is 0 Å². The third-order valence-corrected chi connectivity index (χ3v) is 2.64. The second-order valence-corrected chi connectivity index (χ2v) is 3.84. The Hall–Kier alpha value is -2.63. The molecule has 90 valence electrons. The molecule has 0 fully saturated rings. The van der Waals surface area contributed by atoms with E-state index in [1.54, 1.807) is 41.5 Å². The highest BCUT2D eigenvalue weighted by Crippen LogP contribution is 2.23. The topological polar surface area (TPSA) is 72.5 Å².